The van der Waals surface area contributed by atoms with Crippen LogP contribution in [0.15, 0.2) is 89.6 Å². The summed E-state index contributed by atoms with van der Waals surface area (Å²) in [5, 5.41) is 0.265. The highest BCUT2D eigenvalue weighted by atomic mass is 35.5. The third-order valence-corrected chi connectivity index (χ3v) is 6.51. The molecule has 1 unspecified atom stereocenters. The van der Waals surface area contributed by atoms with Gasteiger partial charge in [-0.3, -0.25) is 4.79 Å². The van der Waals surface area contributed by atoms with Crippen LogP contribution in [0, 0.1) is 5.82 Å². The van der Waals surface area contributed by atoms with Crippen molar-refractivity contribution in [1.29, 1.82) is 0 Å². The van der Waals surface area contributed by atoms with Gasteiger partial charge in [0.05, 0.1) is 16.4 Å². The maximum absolute atomic E-state index is 14.2. The fourth-order valence-corrected chi connectivity index (χ4v) is 4.44. The van der Waals surface area contributed by atoms with Gasteiger partial charge in [-0.2, -0.15) is 13.2 Å². The Balaban J connectivity index is 1.60. The summed E-state index contributed by atoms with van der Waals surface area (Å²) in [5.74, 6) is -0.525. The Kier molecular flexibility index (Phi) is 7.97. The third kappa shape index (κ3) is 6.38. The van der Waals surface area contributed by atoms with Crippen molar-refractivity contribution in [2.24, 2.45) is 10.7 Å². The summed E-state index contributed by atoms with van der Waals surface area (Å²) in [5.41, 5.74) is 5.42. The standard InChI is InChI=1S/C28H24ClF4N3O/c29-22-8-2-4-10-24(22)35-25(17-26(34)28(31,32)33)18-11-13-19(14-12-18)27(37)36-15-5-7-21(36)16-20-6-1-3-9-23(20)30/h1-4,6,8-14,17,21H,5,7,15-16,34H2. The molecule has 4 rings (SSSR count). The molecule has 0 aliphatic carbocycles. The maximum Gasteiger partial charge on any atom is 0.430 e. The van der Waals surface area contributed by atoms with E-state index in [1.807, 2.05) is 0 Å². The molecule has 1 aliphatic rings. The first-order valence-electron chi connectivity index (χ1n) is 11.7. The molecule has 3 aromatic rings. The van der Waals surface area contributed by atoms with E-state index in [4.69, 9.17) is 17.3 Å². The Bertz CT molecular complexity index is 1340. The number of alkyl halides is 3. The first kappa shape index (κ1) is 26.4. The highest BCUT2D eigenvalue weighted by Gasteiger charge is 2.32. The van der Waals surface area contributed by atoms with Gasteiger partial charge >= 0.3 is 6.18 Å². The molecule has 192 valence electrons. The average Bonchev–Trinajstić information content (AvgIpc) is 3.33. The Morgan fingerprint density at radius 3 is 2.35 bits per heavy atom. The van der Waals surface area contributed by atoms with Gasteiger partial charge in [-0.05, 0) is 61.2 Å². The summed E-state index contributed by atoms with van der Waals surface area (Å²) in [6.45, 7) is 0.545. The lowest BCUT2D eigenvalue weighted by molar-refractivity contribution is -0.0925. The van der Waals surface area contributed by atoms with Crippen molar-refractivity contribution in [3.05, 3.63) is 112 Å². The molecule has 1 atom stereocenters. The topological polar surface area (TPSA) is 58.7 Å². The van der Waals surface area contributed by atoms with E-state index in [-0.39, 0.29) is 34.2 Å². The van der Waals surface area contributed by atoms with Crippen molar-refractivity contribution >= 4 is 28.9 Å². The van der Waals surface area contributed by atoms with E-state index in [0.717, 1.165) is 18.9 Å². The van der Waals surface area contributed by atoms with Crippen LogP contribution in [0.25, 0.3) is 0 Å². The van der Waals surface area contributed by atoms with E-state index in [2.05, 4.69) is 4.99 Å². The van der Waals surface area contributed by atoms with Crippen LogP contribution in [0.5, 0.6) is 0 Å². The van der Waals surface area contributed by atoms with Gasteiger partial charge in [-0.25, -0.2) is 9.38 Å². The summed E-state index contributed by atoms with van der Waals surface area (Å²) in [6, 6.07) is 19.0. The van der Waals surface area contributed by atoms with Crippen LogP contribution in [0.2, 0.25) is 5.02 Å². The van der Waals surface area contributed by atoms with Gasteiger partial charge < -0.3 is 10.6 Å². The third-order valence-electron chi connectivity index (χ3n) is 6.19. The van der Waals surface area contributed by atoms with Crippen LogP contribution in [-0.4, -0.2) is 35.3 Å². The molecule has 1 heterocycles. The number of likely N-dealkylation sites (tertiary alicyclic amines) is 1. The van der Waals surface area contributed by atoms with Gasteiger partial charge in [-0.1, -0.05) is 54.1 Å². The molecule has 0 spiro atoms. The molecule has 1 amide bonds. The quantitative estimate of drug-likeness (QED) is 0.280. The summed E-state index contributed by atoms with van der Waals surface area (Å²) < 4.78 is 53.6. The zero-order valence-electron chi connectivity index (χ0n) is 19.7. The van der Waals surface area contributed by atoms with Crippen LogP contribution in [-0.2, 0) is 6.42 Å². The average molecular weight is 530 g/mol. The number of aliphatic imine (C=N–C) groups is 1. The van der Waals surface area contributed by atoms with Gasteiger partial charge in [-0.15, -0.1) is 0 Å². The van der Waals surface area contributed by atoms with Gasteiger partial charge in [0.1, 0.15) is 11.5 Å². The minimum absolute atomic E-state index is 0.0551. The highest BCUT2D eigenvalue weighted by Crippen LogP contribution is 2.28. The molecular weight excluding hydrogens is 506 g/mol. The fourth-order valence-electron chi connectivity index (χ4n) is 4.26. The highest BCUT2D eigenvalue weighted by molar-refractivity contribution is 6.33. The van der Waals surface area contributed by atoms with Crippen molar-refractivity contribution in [3.63, 3.8) is 0 Å². The van der Waals surface area contributed by atoms with Crippen molar-refractivity contribution in [1.82, 2.24) is 4.90 Å². The molecule has 0 aromatic heterocycles. The second kappa shape index (κ2) is 11.2. The Labute approximate surface area is 217 Å². The van der Waals surface area contributed by atoms with Crippen LogP contribution in [0.4, 0.5) is 23.2 Å². The molecule has 4 nitrogen and oxygen atoms in total. The SMILES string of the molecule is NC(=CC(=Nc1ccccc1Cl)c1ccc(C(=O)N2CCCC2Cc2ccccc2F)cc1)C(F)(F)F. The molecule has 3 aromatic carbocycles. The van der Waals surface area contributed by atoms with Crippen molar-refractivity contribution in [2.45, 2.75) is 31.5 Å². The van der Waals surface area contributed by atoms with Gasteiger partial charge in [0.15, 0.2) is 0 Å². The maximum atomic E-state index is 14.2. The number of amides is 1. The molecule has 2 N–H and O–H groups in total. The Morgan fingerprint density at radius 1 is 1.03 bits per heavy atom. The van der Waals surface area contributed by atoms with E-state index < -0.39 is 11.9 Å². The Hall–Kier alpha value is -3.65. The number of nitrogens with two attached hydrogens (primary N) is 1. The molecule has 1 saturated heterocycles. The first-order chi connectivity index (χ1) is 17.6. The van der Waals surface area contributed by atoms with Crippen LogP contribution >= 0.6 is 11.6 Å². The molecule has 0 bridgehead atoms. The van der Waals surface area contributed by atoms with E-state index in [1.165, 1.54) is 30.3 Å². The number of carbonyl (C=O) groups is 1. The predicted molar refractivity (Wildman–Crippen MR) is 137 cm³/mol. The summed E-state index contributed by atoms with van der Waals surface area (Å²) in [7, 11) is 0. The van der Waals surface area contributed by atoms with Crippen LogP contribution < -0.4 is 5.73 Å². The van der Waals surface area contributed by atoms with Crippen LogP contribution in [0.3, 0.4) is 0 Å². The number of allylic oxidation sites excluding steroid dienone is 2. The summed E-state index contributed by atoms with van der Waals surface area (Å²) in [4.78, 5) is 19.3. The van der Waals surface area contributed by atoms with E-state index in [9.17, 15) is 22.4 Å². The number of rotatable bonds is 6. The number of halogens is 5. The second-order valence-electron chi connectivity index (χ2n) is 8.71. The molecule has 0 saturated carbocycles. The fraction of sp³-hybridized carbons (Fsp3) is 0.214. The van der Waals surface area contributed by atoms with E-state index in [0.29, 0.717) is 29.7 Å². The lowest BCUT2D eigenvalue weighted by atomic mass is 10.0. The smallest absolute Gasteiger partial charge is 0.395 e. The molecule has 37 heavy (non-hydrogen) atoms. The Morgan fingerprint density at radius 2 is 1.68 bits per heavy atom. The number of hydrogen-bond donors (Lipinski definition) is 1. The number of benzene rings is 3. The largest absolute Gasteiger partial charge is 0.430 e. The number of hydrogen-bond acceptors (Lipinski definition) is 3. The van der Waals surface area contributed by atoms with Crippen molar-refractivity contribution in [2.75, 3.05) is 6.54 Å². The molecule has 1 aliphatic heterocycles. The first-order valence-corrected chi connectivity index (χ1v) is 12.0. The summed E-state index contributed by atoms with van der Waals surface area (Å²) >= 11 is 6.15. The second-order valence-corrected chi connectivity index (χ2v) is 9.12. The van der Waals surface area contributed by atoms with Gasteiger partial charge in [0.2, 0.25) is 0 Å². The molecule has 0 radical (unpaired) electrons. The minimum Gasteiger partial charge on any atom is -0.395 e. The molecule has 1 fully saturated rings. The monoisotopic (exact) mass is 529 g/mol. The summed E-state index contributed by atoms with van der Waals surface area (Å²) in [6.07, 6.45) is -2.02. The van der Waals surface area contributed by atoms with Crippen molar-refractivity contribution < 1.29 is 22.4 Å². The minimum atomic E-state index is -4.74. The lowest BCUT2D eigenvalue weighted by Gasteiger charge is -2.25. The predicted octanol–water partition coefficient (Wildman–Crippen LogP) is 6.85. The number of carbonyl (C=O) groups excluding carboxylic acids is 1. The molecule has 9 heteroatoms. The zero-order chi connectivity index (χ0) is 26.6. The number of para-hydroxylation sites is 1. The zero-order valence-corrected chi connectivity index (χ0v) is 20.4. The van der Waals surface area contributed by atoms with Crippen molar-refractivity contribution in [3.8, 4) is 0 Å². The van der Waals surface area contributed by atoms with Crippen LogP contribution in [0.1, 0.15) is 34.3 Å². The van der Waals surface area contributed by atoms with E-state index >= 15 is 0 Å². The lowest BCUT2D eigenvalue weighted by Crippen LogP contribution is -2.37. The van der Waals surface area contributed by atoms with E-state index in [1.54, 1.807) is 47.4 Å². The molecular formula is C28H24ClF4N3O. The van der Waals surface area contributed by atoms with Gasteiger partial charge in [0.25, 0.3) is 5.91 Å². The normalized spacial score (nSPS) is 16.8. The number of nitrogens with zero attached hydrogens (tertiary/aromatic N) is 2. The van der Waals surface area contributed by atoms with Gasteiger partial charge in [0, 0.05) is 23.7 Å².